The lowest BCUT2D eigenvalue weighted by Crippen LogP contribution is -2.57. The number of carbonyl (C=O) groups excluding carboxylic acids is 2. The van der Waals surface area contributed by atoms with Gasteiger partial charge in [-0.25, -0.2) is 0 Å². The highest BCUT2D eigenvalue weighted by atomic mass is 35.5. The normalized spacial score (nSPS) is 24.9. The molecule has 176 valence electrons. The minimum Gasteiger partial charge on any atom is -0.380 e. The smallest absolute Gasteiger partial charge is 0.242 e. The van der Waals surface area contributed by atoms with Crippen LogP contribution in [0.3, 0.4) is 0 Å². The first-order chi connectivity index (χ1) is 16.5. The van der Waals surface area contributed by atoms with E-state index in [2.05, 4.69) is 22.3 Å². The summed E-state index contributed by atoms with van der Waals surface area (Å²) in [4.78, 5) is 29.8. The van der Waals surface area contributed by atoms with Gasteiger partial charge in [0.25, 0.3) is 0 Å². The molecule has 1 N–H and O–H groups in total. The third-order valence-corrected chi connectivity index (χ3v) is 9.05. The summed E-state index contributed by atoms with van der Waals surface area (Å²) in [7, 11) is 1.75. The third-order valence-electron chi connectivity index (χ3n) is 6.61. The highest BCUT2D eigenvalue weighted by molar-refractivity contribution is 8.01. The summed E-state index contributed by atoms with van der Waals surface area (Å²) < 4.78 is 5.49. The summed E-state index contributed by atoms with van der Waals surface area (Å²) in [6.45, 7) is 1.81. The molecule has 3 atom stereocenters. The number of hydrogen-bond acceptors (Lipinski definition) is 6. The molecule has 1 amide bonds. The van der Waals surface area contributed by atoms with Gasteiger partial charge in [0, 0.05) is 37.2 Å². The zero-order valence-corrected chi connectivity index (χ0v) is 21.1. The number of nitrogens with zero attached hydrogens (tertiary/aromatic N) is 1. The number of amides is 1. The van der Waals surface area contributed by atoms with Crippen molar-refractivity contribution in [3.05, 3.63) is 81.5 Å². The summed E-state index contributed by atoms with van der Waals surface area (Å²) in [5.41, 5.74) is 2.06. The van der Waals surface area contributed by atoms with Gasteiger partial charge in [-0.05, 0) is 58.6 Å². The number of nitrogens with one attached hydrogen (secondary N) is 1. The Morgan fingerprint density at radius 1 is 1.12 bits per heavy atom. The molecule has 8 heteroatoms. The van der Waals surface area contributed by atoms with Crippen LogP contribution in [0, 0.1) is 0 Å². The molecule has 0 bridgehead atoms. The van der Waals surface area contributed by atoms with Crippen molar-refractivity contribution in [1.82, 2.24) is 5.32 Å². The average molecular weight is 513 g/mol. The fourth-order valence-electron chi connectivity index (χ4n) is 4.74. The monoisotopic (exact) mass is 512 g/mol. The molecule has 0 radical (unpaired) electrons. The fourth-order valence-corrected chi connectivity index (χ4v) is 6.71. The molecule has 2 aliphatic heterocycles. The predicted octanol–water partition coefficient (Wildman–Crippen LogP) is 5.12. The zero-order valence-electron chi connectivity index (χ0n) is 18.7. The minimum atomic E-state index is -0.885. The van der Waals surface area contributed by atoms with Gasteiger partial charge in [0.2, 0.25) is 5.91 Å². The molecule has 0 aliphatic carbocycles. The highest BCUT2D eigenvalue weighted by Gasteiger charge is 2.47. The number of benzene rings is 2. The van der Waals surface area contributed by atoms with Gasteiger partial charge >= 0.3 is 0 Å². The molecule has 0 spiro atoms. The van der Waals surface area contributed by atoms with Crippen LogP contribution < -0.4 is 10.2 Å². The number of hydrogen-bond donors (Lipinski definition) is 1. The van der Waals surface area contributed by atoms with Crippen molar-refractivity contribution in [1.29, 1.82) is 0 Å². The van der Waals surface area contributed by atoms with Crippen molar-refractivity contribution < 1.29 is 14.3 Å². The van der Waals surface area contributed by atoms with Gasteiger partial charge in [0.05, 0.1) is 16.7 Å². The van der Waals surface area contributed by atoms with Crippen molar-refractivity contribution in [3.63, 3.8) is 0 Å². The van der Waals surface area contributed by atoms with E-state index in [1.165, 1.54) is 11.8 Å². The van der Waals surface area contributed by atoms with Gasteiger partial charge in [-0.15, -0.1) is 11.8 Å². The van der Waals surface area contributed by atoms with Crippen LogP contribution in [0.2, 0.25) is 5.02 Å². The van der Waals surface area contributed by atoms with Crippen LogP contribution in [0.25, 0.3) is 0 Å². The molecule has 0 saturated carbocycles. The summed E-state index contributed by atoms with van der Waals surface area (Å²) in [5, 5.41) is 6.91. The van der Waals surface area contributed by atoms with Crippen LogP contribution >= 0.6 is 34.7 Å². The van der Waals surface area contributed by atoms with Crippen LogP contribution in [-0.4, -0.2) is 43.2 Å². The topological polar surface area (TPSA) is 58.6 Å². The van der Waals surface area contributed by atoms with Crippen LogP contribution in [-0.2, 0) is 19.9 Å². The first kappa shape index (κ1) is 23.4. The van der Waals surface area contributed by atoms with Crippen molar-refractivity contribution >= 4 is 52.1 Å². The Balaban J connectivity index is 1.43. The van der Waals surface area contributed by atoms with E-state index in [0.29, 0.717) is 5.02 Å². The van der Waals surface area contributed by atoms with Crippen molar-refractivity contribution in [2.45, 2.75) is 34.6 Å². The second-order valence-electron chi connectivity index (χ2n) is 8.62. The van der Waals surface area contributed by atoms with E-state index in [0.717, 1.165) is 41.2 Å². The Hall–Kier alpha value is -2.32. The minimum absolute atomic E-state index is 0.105. The standard InChI is InChI=1S/C26H25ClN2O3S2/c1-32-20-10-12-29(15-20)19-8-6-17(7-9-19)26(18-11-13-33-16-18)14-22(30)24(25(31)28-26)34-23-5-3-2-4-21(23)27/h2-9,11,13,16,20,24H,10,12,14-15H2,1H3,(H,28,31). The Bertz CT molecular complexity index is 1170. The van der Waals surface area contributed by atoms with E-state index < -0.39 is 10.8 Å². The Labute approximate surface area is 212 Å². The Morgan fingerprint density at radius 3 is 2.56 bits per heavy atom. The second-order valence-corrected chi connectivity index (χ2v) is 11.0. The summed E-state index contributed by atoms with van der Waals surface area (Å²) in [5.74, 6) is -0.398. The second kappa shape index (κ2) is 9.74. The number of ketones is 1. The number of thioether (sulfide) groups is 1. The van der Waals surface area contributed by atoms with Crippen LogP contribution in [0.4, 0.5) is 5.69 Å². The number of ether oxygens (including phenoxy) is 1. The maximum atomic E-state index is 13.4. The number of halogens is 1. The van der Waals surface area contributed by atoms with Gasteiger partial charge < -0.3 is 15.0 Å². The molecule has 2 aliphatic rings. The highest BCUT2D eigenvalue weighted by Crippen LogP contribution is 2.42. The molecule has 34 heavy (non-hydrogen) atoms. The van der Waals surface area contributed by atoms with Crippen molar-refractivity contribution in [2.24, 2.45) is 0 Å². The predicted molar refractivity (Wildman–Crippen MR) is 138 cm³/mol. The summed E-state index contributed by atoms with van der Waals surface area (Å²) >= 11 is 9.05. The SMILES string of the molecule is COC1CCN(c2ccc(C3(c4ccsc4)CC(=O)C(Sc4ccccc4Cl)C(=O)N3)cc2)C1. The lowest BCUT2D eigenvalue weighted by Gasteiger charge is -2.40. The molecular weight excluding hydrogens is 488 g/mol. The molecule has 3 heterocycles. The molecule has 3 aromatic rings. The van der Waals surface area contributed by atoms with E-state index in [-0.39, 0.29) is 24.2 Å². The van der Waals surface area contributed by atoms with Gasteiger partial charge in [-0.3, -0.25) is 9.59 Å². The Kier molecular flexibility index (Phi) is 6.71. The number of carbonyl (C=O) groups is 2. The Morgan fingerprint density at radius 2 is 1.91 bits per heavy atom. The van der Waals surface area contributed by atoms with E-state index in [9.17, 15) is 9.59 Å². The number of anilines is 1. The number of Topliss-reactive ketones (excluding diaryl/α,β-unsaturated/α-hetero) is 1. The lowest BCUT2D eigenvalue weighted by molar-refractivity contribution is -0.132. The number of methoxy groups -OCH3 is 1. The average Bonchev–Trinajstić information content (AvgIpc) is 3.55. The van der Waals surface area contributed by atoms with Gasteiger partial charge in [-0.2, -0.15) is 11.3 Å². The third kappa shape index (κ3) is 4.38. The quantitative estimate of drug-likeness (QED) is 0.464. The first-order valence-corrected chi connectivity index (χ1v) is 13.4. The molecule has 5 nitrogen and oxygen atoms in total. The molecule has 3 unspecified atom stereocenters. The zero-order chi connectivity index (χ0) is 23.7. The first-order valence-electron chi connectivity index (χ1n) is 11.2. The van der Waals surface area contributed by atoms with Crippen LogP contribution in [0.15, 0.2) is 70.3 Å². The van der Waals surface area contributed by atoms with Crippen molar-refractivity contribution in [2.75, 3.05) is 25.1 Å². The molecular formula is C26H25ClN2O3S2. The number of rotatable bonds is 6. The fraction of sp³-hybridized carbons (Fsp3) is 0.308. The van der Waals surface area contributed by atoms with Gasteiger partial charge in [0.15, 0.2) is 5.78 Å². The molecule has 5 rings (SSSR count). The van der Waals surface area contributed by atoms with Crippen molar-refractivity contribution in [3.8, 4) is 0 Å². The maximum Gasteiger partial charge on any atom is 0.242 e. The largest absolute Gasteiger partial charge is 0.380 e. The molecule has 2 saturated heterocycles. The summed E-state index contributed by atoms with van der Waals surface area (Å²) in [6.07, 6.45) is 1.44. The lowest BCUT2D eigenvalue weighted by atomic mass is 9.77. The van der Waals surface area contributed by atoms with Crippen LogP contribution in [0.5, 0.6) is 0 Å². The number of piperidine rings is 1. The molecule has 2 fully saturated rings. The maximum absolute atomic E-state index is 13.4. The van der Waals surface area contributed by atoms with Gasteiger partial charge in [0.1, 0.15) is 5.25 Å². The van der Waals surface area contributed by atoms with Gasteiger partial charge in [-0.1, -0.05) is 35.9 Å². The van der Waals surface area contributed by atoms with E-state index in [1.807, 2.05) is 47.2 Å². The molecule has 2 aromatic carbocycles. The van der Waals surface area contributed by atoms with Crippen LogP contribution in [0.1, 0.15) is 24.0 Å². The van der Waals surface area contributed by atoms with E-state index in [1.54, 1.807) is 24.5 Å². The van der Waals surface area contributed by atoms with E-state index in [4.69, 9.17) is 16.3 Å². The summed E-state index contributed by atoms with van der Waals surface area (Å²) in [6, 6.07) is 17.5. The molecule has 1 aromatic heterocycles. The van der Waals surface area contributed by atoms with E-state index >= 15 is 0 Å². The number of thiophene rings is 1.